The molecule has 3 N–H and O–H groups in total. The van der Waals surface area contributed by atoms with Crippen LogP contribution in [0.1, 0.15) is 13.8 Å². The molecule has 0 aliphatic heterocycles. The van der Waals surface area contributed by atoms with Crippen molar-refractivity contribution in [1.29, 1.82) is 0 Å². The molecule has 0 amide bonds. The zero-order valence-corrected chi connectivity index (χ0v) is 9.25. The summed E-state index contributed by atoms with van der Waals surface area (Å²) >= 11 is 0. The number of benzene rings is 1. The van der Waals surface area contributed by atoms with Gasteiger partial charge in [0.1, 0.15) is 11.3 Å². The first-order valence-corrected chi connectivity index (χ1v) is 5.07. The topological polar surface area (TPSA) is 63.8 Å². The van der Waals surface area contributed by atoms with E-state index in [1.165, 1.54) is 10.6 Å². The van der Waals surface area contributed by atoms with Gasteiger partial charge < -0.3 is 10.7 Å². The maximum atomic E-state index is 13.5. The van der Waals surface area contributed by atoms with Crippen LogP contribution < -0.4 is 11.4 Å². The predicted molar refractivity (Wildman–Crippen MR) is 60.9 cm³/mol. The largest absolute Gasteiger partial charge is 0.328 e. The minimum Gasteiger partial charge on any atom is -0.328 e. The van der Waals surface area contributed by atoms with E-state index in [0.717, 1.165) is 0 Å². The van der Waals surface area contributed by atoms with Crippen LogP contribution in [0.3, 0.4) is 0 Å². The highest BCUT2D eigenvalue weighted by atomic mass is 19.1. The normalized spacial score (nSPS) is 12.2. The van der Waals surface area contributed by atoms with E-state index in [0.29, 0.717) is 12.1 Å². The second-order valence-electron chi connectivity index (χ2n) is 4.42. The molecule has 86 valence electrons. The Morgan fingerprint density at radius 1 is 1.50 bits per heavy atom. The van der Waals surface area contributed by atoms with Crippen molar-refractivity contribution >= 4 is 11.0 Å². The number of hydrogen-bond acceptors (Lipinski definition) is 2. The van der Waals surface area contributed by atoms with E-state index in [2.05, 4.69) is 4.98 Å². The second kappa shape index (κ2) is 3.45. The number of nitrogens with two attached hydrogens (primary N) is 1. The van der Waals surface area contributed by atoms with Crippen molar-refractivity contribution in [3.8, 4) is 0 Å². The summed E-state index contributed by atoms with van der Waals surface area (Å²) in [7, 11) is 0. The molecule has 4 nitrogen and oxygen atoms in total. The molecule has 0 radical (unpaired) electrons. The van der Waals surface area contributed by atoms with Gasteiger partial charge in [-0.1, -0.05) is 6.07 Å². The summed E-state index contributed by atoms with van der Waals surface area (Å²) in [6.45, 7) is 3.98. The van der Waals surface area contributed by atoms with Crippen LogP contribution in [0.4, 0.5) is 4.39 Å². The maximum Gasteiger partial charge on any atom is 0.327 e. The second-order valence-corrected chi connectivity index (χ2v) is 4.42. The minimum atomic E-state index is -0.539. The average Bonchev–Trinajstić information content (AvgIpc) is 2.57. The van der Waals surface area contributed by atoms with Gasteiger partial charge in [0, 0.05) is 6.54 Å². The minimum absolute atomic E-state index is 0.231. The highest BCUT2D eigenvalue weighted by Gasteiger charge is 2.23. The summed E-state index contributed by atoms with van der Waals surface area (Å²) in [5, 5.41) is 0. The standard InChI is InChI=1S/C11H14FN3O/c1-11(2,6-13)15-8-5-3-4-7(12)9(8)14-10(15)16/h3-5H,6,13H2,1-2H3,(H,14,16). The number of aromatic nitrogens is 2. The molecule has 0 saturated carbocycles. The third kappa shape index (κ3) is 1.44. The van der Waals surface area contributed by atoms with Crippen LogP contribution in [0, 0.1) is 5.82 Å². The molecule has 2 rings (SSSR count). The molecule has 0 atom stereocenters. The van der Waals surface area contributed by atoms with Gasteiger partial charge in [-0.2, -0.15) is 0 Å². The van der Waals surface area contributed by atoms with Crippen LogP contribution in [-0.2, 0) is 5.54 Å². The molecule has 5 heteroatoms. The van der Waals surface area contributed by atoms with E-state index >= 15 is 0 Å². The number of halogens is 1. The van der Waals surface area contributed by atoms with Gasteiger partial charge in [-0.25, -0.2) is 9.18 Å². The van der Waals surface area contributed by atoms with Gasteiger partial charge >= 0.3 is 5.69 Å². The molecule has 0 spiro atoms. The molecule has 0 saturated heterocycles. The fourth-order valence-electron chi connectivity index (χ4n) is 1.79. The molecule has 1 heterocycles. The van der Waals surface area contributed by atoms with E-state index in [4.69, 9.17) is 5.73 Å². The molecule has 0 aliphatic carbocycles. The van der Waals surface area contributed by atoms with E-state index < -0.39 is 11.4 Å². The van der Waals surface area contributed by atoms with Crippen molar-refractivity contribution in [2.45, 2.75) is 19.4 Å². The molecular weight excluding hydrogens is 209 g/mol. The number of fused-ring (bicyclic) bond motifs is 1. The molecule has 16 heavy (non-hydrogen) atoms. The third-order valence-electron chi connectivity index (χ3n) is 2.77. The first-order valence-electron chi connectivity index (χ1n) is 5.07. The van der Waals surface area contributed by atoms with Crippen molar-refractivity contribution in [2.75, 3.05) is 6.54 Å². The van der Waals surface area contributed by atoms with Gasteiger partial charge in [0.2, 0.25) is 0 Å². The van der Waals surface area contributed by atoms with Crippen LogP contribution in [0.25, 0.3) is 11.0 Å². The number of para-hydroxylation sites is 1. The molecule has 0 fully saturated rings. The van der Waals surface area contributed by atoms with E-state index in [1.54, 1.807) is 12.1 Å². The summed E-state index contributed by atoms with van der Waals surface area (Å²) in [4.78, 5) is 14.3. The number of nitrogens with zero attached hydrogens (tertiary/aromatic N) is 1. The van der Waals surface area contributed by atoms with Crippen LogP contribution in [0.15, 0.2) is 23.0 Å². The van der Waals surface area contributed by atoms with Crippen molar-refractivity contribution in [1.82, 2.24) is 9.55 Å². The Labute approximate surface area is 91.9 Å². The van der Waals surface area contributed by atoms with Crippen LogP contribution in [-0.4, -0.2) is 16.1 Å². The van der Waals surface area contributed by atoms with Gasteiger partial charge in [0.25, 0.3) is 0 Å². The number of rotatable bonds is 2. The van der Waals surface area contributed by atoms with E-state index in [1.807, 2.05) is 13.8 Å². The fraction of sp³-hybridized carbons (Fsp3) is 0.364. The maximum absolute atomic E-state index is 13.5. The highest BCUT2D eigenvalue weighted by molar-refractivity contribution is 5.76. The quantitative estimate of drug-likeness (QED) is 0.802. The summed E-state index contributed by atoms with van der Waals surface area (Å²) < 4.78 is 14.9. The van der Waals surface area contributed by atoms with Crippen molar-refractivity contribution in [3.05, 3.63) is 34.5 Å². The number of H-pyrrole nitrogens is 1. The monoisotopic (exact) mass is 223 g/mol. The molecule has 2 aromatic rings. The Morgan fingerprint density at radius 3 is 2.81 bits per heavy atom. The lowest BCUT2D eigenvalue weighted by Gasteiger charge is -2.24. The third-order valence-corrected chi connectivity index (χ3v) is 2.77. The van der Waals surface area contributed by atoms with Gasteiger partial charge in [-0.05, 0) is 26.0 Å². The number of hydrogen-bond donors (Lipinski definition) is 2. The lowest BCUT2D eigenvalue weighted by molar-refractivity contribution is 0.367. The fourth-order valence-corrected chi connectivity index (χ4v) is 1.79. The van der Waals surface area contributed by atoms with Crippen LogP contribution >= 0.6 is 0 Å². The number of aromatic amines is 1. The zero-order chi connectivity index (χ0) is 11.9. The molecule has 1 aromatic heterocycles. The Bertz CT molecular complexity index is 582. The summed E-state index contributed by atoms with van der Waals surface area (Å²) in [6.07, 6.45) is 0. The van der Waals surface area contributed by atoms with Crippen LogP contribution in [0.2, 0.25) is 0 Å². The Kier molecular flexibility index (Phi) is 2.35. The summed E-state index contributed by atoms with van der Waals surface area (Å²) in [6, 6.07) is 4.60. The van der Waals surface area contributed by atoms with Gasteiger partial charge in [-0.3, -0.25) is 4.57 Å². The van der Waals surface area contributed by atoms with E-state index in [9.17, 15) is 9.18 Å². The molecule has 0 unspecified atom stereocenters. The van der Waals surface area contributed by atoms with Crippen molar-refractivity contribution < 1.29 is 4.39 Å². The van der Waals surface area contributed by atoms with Crippen LogP contribution in [0.5, 0.6) is 0 Å². The lowest BCUT2D eigenvalue weighted by Crippen LogP contribution is -2.40. The number of nitrogens with one attached hydrogen (secondary N) is 1. The molecular formula is C11H14FN3O. The zero-order valence-electron chi connectivity index (χ0n) is 9.25. The lowest BCUT2D eigenvalue weighted by atomic mass is 10.1. The van der Waals surface area contributed by atoms with Gasteiger partial charge in [-0.15, -0.1) is 0 Å². The Balaban J connectivity index is 2.85. The SMILES string of the molecule is CC(C)(CN)n1c(=O)[nH]c2c(F)cccc21. The first kappa shape index (κ1) is 10.9. The Hall–Kier alpha value is -1.62. The average molecular weight is 223 g/mol. The predicted octanol–water partition coefficient (Wildman–Crippen LogP) is 1.16. The summed E-state index contributed by atoms with van der Waals surface area (Å²) in [5.41, 5.74) is 5.52. The molecule has 1 aromatic carbocycles. The first-order chi connectivity index (χ1) is 7.47. The smallest absolute Gasteiger partial charge is 0.327 e. The number of imidazole rings is 1. The highest BCUT2D eigenvalue weighted by Crippen LogP contribution is 2.20. The summed E-state index contributed by atoms with van der Waals surface area (Å²) in [5.74, 6) is -0.429. The Morgan fingerprint density at radius 2 is 2.19 bits per heavy atom. The van der Waals surface area contributed by atoms with Crippen molar-refractivity contribution in [3.63, 3.8) is 0 Å². The van der Waals surface area contributed by atoms with E-state index in [-0.39, 0.29) is 11.2 Å². The van der Waals surface area contributed by atoms with Gasteiger partial charge in [0.05, 0.1) is 11.1 Å². The molecule has 0 aliphatic rings. The van der Waals surface area contributed by atoms with Crippen molar-refractivity contribution in [2.24, 2.45) is 5.73 Å². The van der Waals surface area contributed by atoms with Gasteiger partial charge in [0.15, 0.2) is 0 Å². The molecule has 0 bridgehead atoms.